The number of benzene rings is 3. The Balaban J connectivity index is 1.81. The first kappa shape index (κ1) is 20.4. The van der Waals surface area contributed by atoms with Gasteiger partial charge in [0.2, 0.25) is 0 Å². The fourth-order valence-corrected chi connectivity index (χ4v) is 6.03. The molecule has 0 bridgehead atoms. The van der Waals surface area contributed by atoms with Crippen molar-refractivity contribution >= 4 is 50.7 Å². The predicted octanol–water partition coefficient (Wildman–Crippen LogP) is 4.65. The first-order valence-corrected chi connectivity index (χ1v) is 12.0. The van der Waals surface area contributed by atoms with Crippen molar-refractivity contribution in [2.45, 2.75) is 24.5 Å². The van der Waals surface area contributed by atoms with E-state index < -0.39 is 27.1 Å². The van der Waals surface area contributed by atoms with Crippen LogP contribution in [0.1, 0.15) is 36.0 Å². The van der Waals surface area contributed by atoms with Crippen LogP contribution in [0.5, 0.6) is 0 Å². The van der Waals surface area contributed by atoms with E-state index in [4.69, 9.17) is 11.6 Å². The summed E-state index contributed by atoms with van der Waals surface area (Å²) in [5.74, 6) is -0.897. The molecule has 0 saturated heterocycles. The number of hydrogen-bond acceptors (Lipinski definition) is 2. The number of fused-ring (bicyclic) bond motifs is 5. The third-order valence-electron chi connectivity index (χ3n) is 6.31. The highest BCUT2D eigenvalue weighted by Gasteiger charge is 2.37. The van der Waals surface area contributed by atoms with Crippen LogP contribution in [0.4, 0.5) is 4.39 Å². The Bertz CT molecular complexity index is 1490. The summed E-state index contributed by atoms with van der Waals surface area (Å²) in [5, 5.41) is 3.11. The Hall–Kier alpha value is -2.47. The highest BCUT2D eigenvalue weighted by Crippen LogP contribution is 2.37. The van der Waals surface area contributed by atoms with E-state index in [9.17, 15) is 17.4 Å². The van der Waals surface area contributed by atoms with Gasteiger partial charge < -0.3 is 0 Å². The second-order valence-electron chi connectivity index (χ2n) is 8.26. The van der Waals surface area contributed by atoms with Crippen molar-refractivity contribution in [3.63, 3.8) is 0 Å². The van der Waals surface area contributed by atoms with Crippen molar-refractivity contribution in [1.29, 1.82) is 0 Å². The summed E-state index contributed by atoms with van der Waals surface area (Å²) in [7, 11) is -4.35. The maximum Gasteiger partial charge on any atom is 0.269 e. The summed E-state index contributed by atoms with van der Waals surface area (Å²) < 4.78 is 48.2. The van der Waals surface area contributed by atoms with Crippen molar-refractivity contribution in [2.24, 2.45) is 5.92 Å². The fourth-order valence-electron chi connectivity index (χ4n) is 4.85. The molecule has 0 amide bonds. The average molecular weight is 455 g/mol. The van der Waals surface area contributed by atoms with Crippen molar-refractivity contribution < 1.29 is 17.4 Å². The quantitative estimate of drug-likeness (QED) is 0.573. The van der Waals surface area contributed by atoms with E-state index in [-0.39, 0.29) is 11.4 Å². The third kappa shape index (κ3) is 3.41. The molecule has 3 aromatic rings. The lowest BCUT2D eigenvalue weighted by Gasteiger charge is -2.29. The average Bonchev–Trinajstić information content (AvgIpc) is 2.73. The van der Waals surface area contributed by atoms with E-state index in [2.05, 4.69) is 37.3 Å². The van der Waals surface area contributed by atoms with Crippen LogP contribution in [0, 0.1) is 11.7 Å². The smallest absolute Gasteiger partial charge is 0.269 e. The van der Waals surface area contributed by atoms with Crippen molar-refractivity contribution in [2.75, 3.05) is 0 Å². The molecular formula is C25H20ClFO3S. The molecule has 0 aromatic heterocycles. The monoisotopic (exact) mass is 454 g/mol. The molecule has 31 heavy (non-hydrogen) atoms. The Morgan fingerprint density at radius 2 is 1.81 bits per heavy atom. The van der Waals surface area contributed by atoms with Gasteiger partial charge in [0, 0.05) is 5.92 Å². The molecule has 1 N–H and O–H groups in total. The molecule has 3 atom stereocenters. The summed E-state index contributed by atoms with van der Waals surface area (Å²) in [6.45, 7) is 2.13. The molecule has 2 aliphatic rings. The van der Waals surface area contributed by atoms with Crippen LogP contribution in [0.25, 0.3) is 29.0 Å². The van der Waals surface area contributed by atoms with Crippen molar-refractivity contribution in [3.8, 4) is 0 Å². The molecule has 0 spiro atoms. The highest BCUT2D eigenvalue weighted by atomic mass is 35.5. The largest absolute Gasteiger partial charge is 0.285 e. The molecule has 3 nitrogen and oxygen atoms in total. The van der Waals surface area contributed by atoms with E-state index in [1.54, 1.807) is 0 Å². The molecule has 158 valence electrons. The topological polar surface area (TPSA) is 54.4 Å². The molecule has 2 aliphatic carbocycles. The lowest BCUT2D eigenvalue weighted by molar-refractivity contribution is 0.459. The summed E-state index contributed by atoms with van der Waals surface area (Å²) >= 11 is 6.00. The zero-order chi connectivity index (χ0) is 21.9. The number of allylic oxidation sites excluding steroid dienone is 1. The van der Waals surface area contributed by atoms with Crippen molar-refractivity contribution in [3.05, 3.63) is 86.5 Å². The molecule has 3 unspecified atom stereocenters. The Kier molecular flexibility index (Phi) is 4.81. The molecule has 0 heterocycles. The minimum absolute atomic E-state index is 0.0760. The van der Waals surface area contributed by atoms with Gasteiger partial charge in [0.25, 0.3) is 10.1 Å². The molecule has 5 rings (SSSR count). The zero-order valence-corrected chi connectivity index (χ0v) is 18.3. The number of rotatable bonds is 2. The lowest BCUT2D eigenvalue weighted by atomic mass is 9.80. The highest BCUT2D eigenvalue weighted by molar-refractivity contribution is 7.86. The summed E-state index contributed by atoms with van der Waals surface area (Å²) in [6, 6.07) is 12.3. The normalized spacial score (nSPS) is 22.4. The first-order chi connectivity index (χ1) is 14.7. The van der Waals surface area contributed by atoms with Crippen LogP contribution in [0.15, 0.2) is 48.5 Å². The maximum absolute atomic E-state index is 13.8. The summed E-state index contributed by atoms with van der Waals surface area (Å²) in [4.78, 5) is 0. The van der Waals surface area contributed by atoms with Gasteiger partial charge in [-0.15, -0.1) is 0 Å². The molecule has 0 aliphatic heterocycles. The minimum Gasteiger partial charge on any atom is -0.285 e. The van der Waals surface area contributed by atoms with E-state index in [0.717, 1.165) is 27.1 Å². The van der Waals surface area contributed by atoms with Gasteiger partial charge in [-0.1, -0.05) is 73.2 Å². The van der Waals surface area contributed by atoms with Crippen LogP contribution in [-0.4, -0.2) is 18.2 Å². The Morgan fingerprint density at radius 1 is 1.06 bits per heavy atom. The van der Waals surface area contributed by atoms with Crippen LogP contribution in [-0.2, 0) is 10.1 Å². The predicted molar refractivity (Wildman–Crippen MR) is 124 cm³/mol. The second kappa shape index (κ2) is 7.30. The van der Waals surface area contributed by atoms with Gasteiger partial charge in [-0.2, -0.15) is 8.42 Å². The second-order valence-corrected chi connectivity index (χ2v) is 10.3. The molecular weight excluding hydrogens is 435 g/mol. The van der Waals surface area contributed by atoms with Gasteiger partial charge in [0.05, 0.1) is 5.02 Å². The maximum atomic E-state index is 13.8. The van der Waals surface area contributed by atoms with Crippen LogP contribution < -0.4 is 10.4 Å². The van der Waals surface area contributed by atoms with Gasteiger partial charge in [-0.05, 0) is 62.4 Å². The fraction of sp³-hybridized carbons (Fsp3) is 0.200. The van der Waals surface area contributed by atoms with E-state index in [1.165, 1.54) is 23.4 Å². The van der Waals surface area contributed by atoms with E-state index in [1.807, 2.05) is 18.2 Å². The molecule has 3 aromatic carbocycles. The van der Waals surface area contributed by atoms with Gasteiger partial charge in [-0.3, -0.25) is 4.55 Å². The molecule has 0 fully saturated rings. The number of halogens is 2. The SMILES string of the molecule is CC1C=Cc2ccc3c4c(ccc3c2=C1)C(c1ccc(F)c(Cl)c1)C(S(=O)(=O)O)CC=4. The Morgan fingerprint density at radius 3 is 2.55 bits per heavy atom. The number of hydrogen-bond donors (Lipinski definition) is 1. The standard InChI is InChI=1S/C25H20ClFO3S/c1-14-2-3-15-4-6-17-18-9-11-24(31(28,29)30)25(16-5-10-23(27)22(26)13-16)20(18)8-7-19(17)21(15)12-14/h2-10,12-14,24-25H,11H2,1H3,(H,28,29,30). The van der Waals surface area contributed by atoms with Crippen LogP contribution in [0.3, 0.4) is 0 Å². The van der Waals surface area contributed by atoms with Gasteiger partial charge in [0.1, 0.15) is 11.1 Å². The molecule has 0 saturated carbocycles. The Labute approximate surface area is 184 Å². The lowest BCUT2D eigenvalue weighted by Crippen LogP contribution is -2.35. The van der Waals surface area contributed by atoms with E-state index >= 15 is 0 Å². The van der Waals surface area contributed by atoms with Crippen molar-refractivity contribution in [1.82, 2.24) is 0 Å². The first-order valence-electron chi connectivity index (χ1n) is 10.1. The minimum atomic E-state index is -4.35. The zero-order valence-electron chi connectivity index (χ0n) is 16.7. The van der Waals surface area contributed by atoms with Gasteiger partial charge in [0.15, 0.2) is 0 Å². The molecule has 0 radical (unpaired) electrons. The molecule has 6 heteroatoms. The van der Waals surface area contributed by atoms with Gasteiger partial charge in [-0.25, -0.2) is 4.39 Å². The van der Waals surface area contributed by atoms with E-state index in [0.29, 0.717) is 11.5 Å². The van der Waals surface area contributed by atoms with Gasteiger partial charge >= 0.3 is 0 Å². The van der Waals surface area contributed by atoms with Crippen LogP contribution >= 0.6 is 11.6 Å². The third-order valence-corrected chi connectivity index (χ3v) is 7.83. The van der Waals surface area contributed by atoms with Crippen LogP contribution in [0.2, 0.25) is 5.02 Å². The summed E-state index contributed by atoms with van der Waals surface area (Å²) in [5.41, 5.74) is 2.49. The summed E-state index contributed by atoms with van der Waals surface area (Å²) in [6.07, 6.45) is 8.54.